The lowest BCUT2D eigenvalue weighted by molar-refractivity contribution is 0.173. The molecule has 0 spiro atoms. The third-order valence-corrected chi connectivity index (χ3v) is 3.81. The second-order valence-electron chi connectivity index (χ2n) is 6.11. The van der Waals surface area contributed by atoms with Crippen LogP contribution in [-0.2, 0) is 0 Å². The SMILES string of the molecule is Cc1cnc(C(C)N2CCCNC(CC(C)C)C2)o1. The Balaban J connectivity index is 2.01. The first-order valence-electron chi connectivity index (χ1n) is 7.46. The largest absolute Gasteiger partial charge is 0.444 e. The molecule has 1 aliphatic heterocycles. The fourth-order valence-electron chi connectivity index (χ4n) is 2.83. The van der Waals surface area contributed by atoms with E-state index in [4.69, 9.17) is 4.42 Å². The van der Waals surface area contributed by atoms with Gasteiger partial charge in [-0.2, -0.15) is 0 Å². The highest BCUT2D eigenvalue weighted by atomic mass is 16.4. The molecule has 0 amide bonds. The smallest absolute Gasteiger partial charge is 0.211 e. The van der Waals surface area contributed by atoms with Gasteiger partial charge in [-0.1, -0.05) is 13.8 Å². The quantitative estimate of drug-likeness (QED) is 0.909. The normalized spacial score (nSPS) is 23.5. The van der Waals surface area contributed by atoms with Crippen LogP contribution in [0.3, 0.4) is 0 Å². The van der Waals surface area contributed by atoms with Gasteiger partial charge in [-0.05, 0) is 39.2 Å². The molecule has 2 atom stereocenters. The maximum absolute atomic E-state index is 5.68. The Bertz CT molecular complexity index is 388. The van der Waals surface area contributed by atoms with Crippen molar-refractivity contribution >= 4 is 0 Å². The molecule has 0 aliphatic carbocycles. The first-order valence-corrected chi connectivity index (χ1v) is 7.46. The molecule has 1 saturated heterocycles. The summed E-state index contributed by atoms with van der Waals surface area (Å²) in [7, 11) is 0. The van der Waals surface area contributed by atoms with Crippen molar-refractivity contribution in [1.82, 2.24) is 15.2 Å². The topological polar surface area (TPSA) is 41.3 Å². The molecule has 4 nitrogen and oxygen atoms in total. The summed E-state index contributed by atoms with van der Waals surface area (Å²) in [6.07, 6.45) is 4.24. The maximum atomic E-state index is 5.68. The van der Waals surface area contributed by atoms with Crippen LogP contribution in [0.4, 0.5) is 0 Å². The lowest BCUT2D eigenvalue weighted by Gasteiger charge is -2.29. The minimum atomic E-state index is 0.267. The van der Waals surface area contributed by atoms with Gasteiger partial charge in [0.1, 0.15) is 5.76 Å². The standard InChI is InChI=1S/C15H27N3O/c1-11(2)8-14-10-18(7-5-6-16-14)13(4)15-17-9-12(3)19-15/h9,11,13-14,16H,5-8,10H2,1-4H3. The Morgan fingerprint density at radius 1 is 1.47 bits per heavy atom. The lowest BCUT2D eigenvalue weighted by atomic mass is 10.0. The minimum absolute atomic E-state index is 0.267. The van der Waals surface area contributed by atoms with Crippen LogP contribution < -0.4 is 5.32 Å². The van der Waals surface area contributed by atoms with E-state index in [1.165, 1.54) is 12.8 Å². The van der Waals surface area contributed by atoms with Gasteiger partial charge in [0, 0.05) is 19.1 Å². The zero-order valence-corrected chi connectivity index (χ0v) is 12.6. The Morgan fingerprint density at radius 3 is 2.89 bits per heavy atom. The molecule has 2 unspecified atom stereocenters. The Labute approximate surface area is 116 Å². The van der Waals surface area contributed by atoms with E-state index in [-0.39, 0.29) is 6.04 Å². The third kappa shape index (κ3) is 4.05. The number of nitrogens with one attached hydrogen (secondary N) is 1. The molecule has 0 aromatic carbocycles. The highest BCUT2D eigenvalue weighted by Gasteiger charge is 2.25. The minimum Gasteiger partial charge on any atom is -0.444 e. The molecule has 1 aliphatic rings. The second-order valence-corrected chi connectivity index (χ2v) is 6.11. The van der Waals surface area contributed by atoms with E-state index in [0.29, 0.717) is 6.04 Å². The first-order chi connectivity index (χ1) is 9.06. The van der Waals surface area contributed by atoms with Gasteiger partial charge in [-0.15, -0.1) is 0 Å². The van der Waals surface area contributed by atoms with Crippen LogP contribution in [0.1, 0.15) is 51.3 Å². The molecule has 1 fully saturated rings. The van der Waals surface area contributed by atoms with Crippen molar-refractivity contribution in [2.45, 2.75) is 52.6 Å². The average molecular weight is 265 g/mol. The van der Waals surface area contributed by atoms with Gasteiger partial charge >= 0.3 is 0 Å². The highest BCUT2D eigenvalue weighted by molar-refractivity contribution is 4.96. The third-order valence-electron chi connectivity index (χ3n) is 3.81. The van der Waals surface area contributed by atoms with Gasteiger partial charge in [-0.3, -0.25) is 4.90 Å². The Morgan fingerprint density at radius 2 is 2.26 bits per heavy atom. The van der Waals surface area contributed by atoms with E-state index in [1.54, 1.807) is 0 Å². The molecule has 2 heterocycles. The van der Waals surface area contributed by atoms with E-state index in [9.17, 15) is 0 Å². The number of hydrogen-bond donors (Lipinski definition) is 1. The number of hydrogen-bond acceptors (Lipinski definition) is 4. The summed E-state index contributed by atoms with van der Waals surface area (Å²) in [4.78, 5) is 6.88. The predicted molar refractivity (Wildman–Crippen MR) is 77.1 cm³/mol. The molecular formula is C15H27N3O. The van der Waals surface area contributed by atoms with Gasteiger partial charge in [0.05, 0.1) is 12.2 Å². The van der Waals surface area contributed by atoms with Crippen LogP contribution in [0.25, 0.3) is 0 Å². The summed E-state index contributed by atoms with van der Waals surface area (Å²) in [6.45, 7) is 12.0. The van der Waals surface area contributed by atoms with Crippen LogP contribution in [0, 0.1) is 12.8 Å². The highest BCUT2D eigenvalue weighted by Crippen LogP contribution is 2.22. The van der Waals surface area contributed by atoms with Gasteiger partial charge in [0.25, 0.3) is 0 Å². The summed E-state index contributed by atoms with van der Waals surface area (Å²) in [5.74, 6) is 2.48. The summed E-state index contributed by atoms with van der Waals surface area (Å²) in [5, 5.41) is 3.66. The average Bonchev–Trinajstić information content (AvgIpc) is 2.64. The van der Waals surface area contributed by atoms with Crippen LogP contribution in [0.5, 0.6) is 0 Å². The number of oxazole rings is 1. The Kier molecular flexibility index (Phi) is 4.99. The molecule has 1 aromatic heterocycles. The zero-order chi connectivity index (χ0) is 13.8. The van der Waals surface area contributed by atoms with Crippen LogP contribution in [0.15, 0.2) is 10.6 Å². The van der Waals surface area contributed by atoms with E-state index in [2.05, 4.69) is 36.0 Å². The van der Waals surface area contributed by atoms with E-state index in [1.807, 2.05) is 13.1 Å². The lowest BCUT2D eigenvalue weighted by Crippen LogP contribution is -2.39. The number of aromatic nitrogens is 1. The molecule has 0 saturated carbocycles. The monoisotopic (exact) mass is 265 g/mol. The van der Waals surface area contributed by atoms with Crippen molar-refractivity contribution < 1.29 is 4.42 Å². The van der Waals surface area contributed by atoms with Crippen molar-refractivity contribution in [3.05, 3.63) is 17.8 Å². The fraction of sp³-hybridized carbons (Fsp3) is 0.800. The fourth-order valence-corrected chi connectivity index (χ4v) is 2.83. The van der Waals surface area contributed by atoms with Gasteiger partial charge in [0.15, 0.2) is 0 Å². The maximum Gasteiger partial charge on any atom is 0.211 e. The van der Waals surface area contributed by atoms with Crippen LogP contribution in [0.2, 0.25) is 0 Å². The number of rotatable bonds is 4. The summed E-state index contributed by atoms with van der Waals surface area (Å²) >= 11 is 0. The molecular weight excluding hydrogens is 238 g/mol. The molecule has 108 valence electrons. The van der Waals surface area contributed by atoms with Gasteiger partial charge in [0.2, 0.25) is 5.89 Å². The molecule has 2 rings (SSSR count). The van der Waals surface area contributed by atoms with Crippen molar-refractivity contribution in [2.75, 3.05) is 19.6 Å². The van der Waals surface area contributed by atoms with E-state index < -0.39 is 0 Å². The summed E-state index contributed by atoms with van der Waals surface area (Å²) in [6, 6.07) is 0.851. The van der Waals surface area contributed by atoms with Crippen molar-refractivity contribution in [3.8, 4) is 0 Å². The zero-order valence-electron chi connectivity index (χ0n) is 12.6. The van der Waals surface area contributed by atoms with Gasteiger partial charge in [-0.25, -0.2) is 4.98 Å². The molecule has 0 bridgehead atoms. The number of nitrogens with zero attached hydrogens (tertiary/aromatic N) is 2. The molecule has 4 heteroatoms. The molecule has 1 N–H and O–H groups in total. The van der Waals surface area contributed by atoms with Crippen molar-refractivity contribution in [1.29, 1.82) is 0 Å². The molecule has 1 aromatic rings. The van der Waals surface area contributed by atoms with E-state index >= 15 is 0 Å². The van der Waals surface area contributed by atoms with Gasteiger partial charge < -0.3 is 9.73 Å². The van der Waals surface area contributed by atoms with Crippen molar-refractivity contribution in [2.24, 2.45) is 5.92 Å². The van der Waals surface area contributed by atoms with Crippen LogP contribution >= 0.6 is 0 Å². The second kappa shape index (κ2) is 6.53. The number of aryl methyl sites for hydroxylation is 1. The van der Waals surface area contributed by atoms with E-state index in [0.717, 1.165) is 37.2 Å². The Hall–Kier alpha value is -0.870. The van der Waals surface area contributed by atoms with Crippen LogP contribution in [-0.4, -0.2) is 35.6 Å². The molecule has 0 radical (unpaired) electrons. The summed E-state index contributed by atoms with van der Waals surface area (Å²) in [5.41, 5.74) is 0. The first kappa shape index (κ1) is 14.5. The molecule has 19 heavy (non-hydrogen) atoms. The van der Waals surface area contributed by atoms with Crippen molar-refractivity contribution in [3.63, 3.8) is 0 Å². The summed E-state index contributed by atoms with van der Waals surface area (Å²) < 4.78 is 5.68. The predicted octanol–water partition coefficient (Wildman–Crippen LogP) is 2.75.